The van der Waals surface area contributed by atoms with Crippen molar-refractivity contribution in [2.24, 2.45) is 0 Å². The normalized spacial score (nSPS) is 10.7. The van der Waals surface area contributed by atoms with E-state index in [2.05, 4.69) is 4.98 Å². The summed E-state index contributed by atoms with van der Waals surface area (Å²) in [5, 5.41) is 0. The third-order valence-corrected chi connectivity index (χ3v) is 2.38. The van der Waals surface area contributed by atoms with Gasteiger partial charge in [0.1, 0.15) is 11.5 Å². The summed E-state index contributed by atoms with van der Waals surface area (Å²) in [5.74, 6) is 0.497. The maximum atomic E-state index is 12.8. The van der Waals surface area contributed by atoms with Gasteiger partial charge in [-0.05, 0) is 37.3 Å². The molecule has 0 saturated carbocycles. The van der Waals surface area contributed by atoms with E-state index in [1.54, 1.807) is 12.1 Å². The largest absolute Gasteiger partial charge is 0.455 e. The smallest absolute Gasteiger partial charge is 0.267 e. The maximum absolute atomic E-state index is 12.8. The first-order chi connectivity index (χ1) is 8.56. The zero-order valence-corrected chi connectivity index (χ0v) is 9.73. The van der Waals surface area contributed by atoms with Crippen LogP contribution in [0.15, 0.2) is 36.5 Å². The van der Waals surface area contributed by atoms with Gasteiger partial charge in [-0.1, -0.05) is 0 Å². The number of rotatable bonds is 3. The molecular formula is C13H12F2N2O. The molecule has 2 rings (SSSR count). The quantitative estimate of drug-likeness (QED) is 0.845. The summed E-state index contributed by atoms with van der Waals surface area (Å²) >= 11 is 0. The Kier molecular flexibility index (Phi) is 3.41. The summed E-state index contributed by atoms with van der Waals surface area (Å²) in [6, 6.07) is 7.57. The van der Waals surface area contributed by atoms with Crippen LogP contribution in [0, 0.1) is 6.92 Å². The summed E-state index contributed by atoms with van der Waals surface area (Å²) in [6.07, 6.45) is -1.15. The molecule has 0 unspecified atom stereocenters. The minimum absolute atomic E-state index is 0.0878. The second-order valence-corrected chi connectivity index (χ2v) is 3.84. The fourth-order valence-corrected chi connectivity index (χ4v) is 1.47. The fourth-order valence-electron chi connectivity index (χ4n) is 1.47. The van der Waals surface area contributed by atoms with Crippen molar-refractivity contribution >= 4 is 5.69 Å². The monoisotopic (exact) mass is 250 g/mol. The summed E-state index contributed by atoms with van der Waals surface area (Å²) < 4.78 is 31.0. The Morgan fingerprint density at radius 3 is 2.61 bits per heavy atom. The number of anilines is 1. The Labute approximate surface area is 103 Å². The molecule has 3 nitrogen and oxygen atoms in total. The van der Waals surface area contributed by atoms with Crippen molar-refractivity contribution in [3.8, 4) is 11.5 Å². The van der Waals surface area contributed by atoms with Crippen LogP contribution in [0.4, 0.5) is 14.5 Å². The highest BCUT2D eigenvalue weighted by Crippen LogP contribution is 2.33. The van der Waals surface area contributed by atoms with Crippen molar-refractivity contribution in [3.63, 3.8) is 0 Å². The number of nitrogen functional groups attached to an aromatic ring is 1. The first-order valence-corrected chi connectivity index (χ1v) is 5.34. The Bertz CT molecular complexity index is 541. The molecule has 1 heterocycles. The molecule has 0 aliphatic carbocycles. The van der Waals surface area contributed by atoms with Gasteiger partial charge in [0.2, 0.25) is 0 Å². The van der Waals surface area contributed by atoms with Crippen molar-refractivity contribution < 1.29 is 13.5 Å². The molecule has 0 fully saturated rings. The van der Waals surface area contributed by atoms with E-state index >= 15 is 0 Å². The molecule has 0 radical (unpaired) electrons. The number of hydrogen-bond acceptors (Lipinski definition) is 3. The van der Waals surface area contributed by atoms with Crippen LogP contribution in [0.5, 0.6) is 11.5 Å². The average molecular weight is 250 g/mol. The van der Waals surface area contributed by atoms with Gasteiger partial charge in [0, 0.05) is 11.4 Å². The Morgan fingerprint density at radius 1 is 1.22 bits per heavy atom. The third-order valence-electron chi connectivity index (χ3n) is 2.38. The predicted octanol–water partition coefficient (Wildman–Crippen LogP) is 3.70. The number of aromatic nitrogens is 1. The minimum Gasteiger partial charge on any atom is -0.455 e. The van der Waals surface area contributed by atoms with Crippen LogP contribution >= 0.6 is 0 Å². The van der Waals surface area contributed by atoms with E-state index in [0.717, 1.165) is 5.69 Å². The number of nitrogens with two attached hydrogens (primary N) is 1. The number of hydrogen-bond donors (Lipinski definition) is 1. The fraction of sp³-hybridized carbons (Fsp3) is 0.154. The van der Waals surface area contributed by atoms with E-state index in [1.807, 2.05) is 6.92 Å². The van der Waals surface area contributed by atoms with E-state index < -0.39 is 6.43 Å². The highest BCUT2D eigenvalue weighted by Gasteiger charge is 2.15. The topological polar surface area (TPSA) is 48.1 Å². The van der Waals surface area contributed by atoms with Gasteiger partial charge in [-0.2, -0.15) is 0 Å². The molecule has 0 aliphatic rings. The van der Waals surface area contributed by atoms with Gasteiger partial charge < -0.3 is 10.5 Å². The third kappa shape index (κ3) is 2.74. The average Bonchev–Trinajstić information content (AvgIpc) is 2.34. The van der Waals surface area contributed by atoms with Gasteiger partial charge in [0.15, 0.2) is 0 Å². The number of nitrogens with zero attached hydrogens (tertiary/aromatic N) is 1. The molecule has 94 valence electrons. The van der Waals surface area contributed by atoms with Crippen molar-refractivity contribution in [3.05, 3.63) is 47.8 Å². The van der Waals surface area contributed by atoms with Gasteiger partial charge in [-0.15, -0.1) is 0 Å². The zero-order valence-electron chi connectivity index (χ0n) is 9.73. The molecule has 5 heteroatoms. The summed E-state index contributed by atoms with van der Waals surface area (Å²) in [4.78, 5) is 4.03. The van der Waals surface area contributed by atoms with Crippen LogP contribution in [0.1, 0.15) is 17.7 Å². The summed E-state index contributed by atoms with van der Waals surface area (Å²) in [5.41, 5.74) is 6.36. The lowest BCUT2D eigenvalue weighted by Gasteiger charge is -2.11. The molecule has 0 saturated heterocycles. The van der Waals surface area contributed by atoms with Crippen LogP contribution in [0.2, 0.25) is 0 Å². The molecular weight excluding hydrogens is 238 g/mol. The number of pyridine rings is 1. The number of benzene rings is 1. The SMILES string of the molecule is Cc1ccc(Oc2ccc(N)cc2C(F)F)cn1. The van der Waals surface area contributed by atoms with Gasteiger partial charge in [0.25, 0.3) is 6.43 Å². The highest BCUT2D eigenvalue weighted by atomic mass is 19.3. The van der Waals surface area contributed by atoms with Crippen molar-refractivity contribution in [2.45, 2.75) is 13.3 Å². The van der Waals surface area contributed by atoms with Crippen LogP contribution in [0.3, 0.4) is 0 Å². The van der Waals surface area contributed by atoms with Crippen molar-refractivity contribution in [2.75, 3.05) is 5.73 Å². The molecule has 1 aromatic carbocycles. The van der Waals surface area contributed by atoms with E-state index in [9.17, 15) is 8.78 Å². The molecule has 0 amide bonds. The van der Waals surface area contributed by atoms with Gasteiger partial charge in [0.05, 0.1) is 11.8 Å². The van der Waals surface area contributed by atoms with Crippen LogP contribution in [-0.4, -0.2) is 4.98 Å². The highest BCUT2D eigenvalue weighted by molar-refractivity contribution is 5.49. The first-order valence-electron chi connectivity index (χ1n) is 5.34. The van der Waals surface area contributed by atoms with Crippen molar-refractivity contribution in [1.29, 1.82) is 0 Å². The molecule has 2 N–H and O–H groups in total. The van der Waals surface area contributed by atoms with Crippen LogP contribution in [-0.2, 0) is 0 Å². The molecule has 0 atom stereocenters. The van der Waals surface area contributed by atoms with Gasteiger partial charge >= 0.3 is 0 Å². The second kappa shape index (κ2) is 5.00. The second-order valence-electron chi connectivity index (χ2n) is 3.84. The van der Waals surface area contributed by atoms with Gasteiger partial charge in [-0.3, -0.25) is 4.98 Å². The lowest BCUT2D eigenvalue weighted by molar-refractivity contribution is 0.148. The van der Waals surface area contributed by atoms with Crippen molar-refractivity contribution in [1.82, 2.24) is 4.98 Å². The number of alkyl halides is 2. The zero-order chi connectivity index (χ0) is 13.1. The van der Waals surface area contributed by atoms with Crippen LogP contribution in [0.25, 0.3) is 0 Å². The first kappa shape index (κ1) is 12.3. The standard InChI is InChI=1S/C13H12F2N2O/c1-8-2-4-10(7-17-8)18-12-5-3-9(16)6-11(12)13(14)15/h2-7,13H,16H2,1H3. The lowest BCUT2D eigenvalue weighted by Crippen LogP contribution is -1.95. The number of ether oxygens (including phenoxy) is 1. The van der Waals surface area contributed by atoms with Crippen LogP contribution < -0.4 is 10.5 Å². The Hall–Kier alpha value is -2.17. The maximum Gasteiger partial charge on any atom is 0.267 e. The minimum atomic E-state index is -2.64. The van der Waals surface area contributed by atoms with E-state index in [1.165, 1.54) is 24.4 Å². The molecule has 1 aromatic heterocycles. The lowest BCUT2D eigenvalue weighted by atomic mass is 10.2. The number of halogens is 2. The van der Waals surface area contributed by atoms with Gasteiger partial charge in [-0.25, -0.2) is 8.78 Å². The Morgan fingerprint density at radius 2 is 2.00 bits per heavy atom. The van der Waals surface area contributed by atoms with E-state index in [-0.39, 0.29) is 17.0 Å². The van der Waals surface area contributed by atoms with E-state index in [4.69, 9.17) is 10.5 Å². The molecule has 0 bridgehead atoms. The Balaban J connectivity index is 2.31. The molecule has 0 spiro atoms. The summed E-state index contributed by atoms with van der Waals surface area (Å²) in [7, 11) is 0. The summed E-state index contributed by atoms with van der Waals surface area (Å²) in [6.45, 7) is 1.83. The van der Waals surface area contributed by atoms with E-state index in [0.29, 0.717) is 5.75 Å². The molecule has 0 aliphatic heterocycles. The predicted molar refractivity (Wildman–Crippen MR) is 64.9 cm³/mol. The molecule has 2 aromatic rings. The number of aryl methyl sites for hydroxylation is 1. The molecule has 18 heavy (non-hydrogen) atoms.